The van der Waals surface area contributed by atoms with Crippen LogP contribution in [-0.2, 0) is 15.0 Å². The molecule has 1 heterocycles. The number of rotatable bonds is 6. The molecular weight excluding hydrogens is 310 g/mol. The van der Waals surface area contributed by atoms with E-state index in [1.807, 2.05) is 24.3 Å². The van der Waals surface area contributed by atoms with E-state index in [-0.39, 0.29) is 24.4 Å². The van der Waals surface area contributed by atoms with Crippen LogP contribution in [0.3, 0.4) is 0 Å². The lowest BCUT2D eigenvalue weighted by Crippen LogP contribution is -2.40. The van der Waals surface area contributed by atoms with E-state index in [0.29, 0.717) is 13.2 Å². The number of benzene rings is 1. The Hall–Kier alpha value is -2.57. The summed E-state index contributed by atoms with van der Waals surface area (Å²) in [4.78, 5) is 35.2. The van der Waals surface area contributed by atoms with Crippen LogP contribution in [0.5, 0.6) is 5.75 Å². The summed E-state index contributed by atoms with van der Waals surface area (Å²) in [5.74, 6) is 0.0168. The third-order valence-corrected chi connectivity index (χ3v) is 3.62. The minimum Gasteiger partial charge on any atom is -0.492 e. The summed E-state index contributed by atoms with van der Waals surface area (Å²) in [5, 5.41) is 4.77. The highest BCUT2D eigenvalue weighted by Crippen LogP contribution is 2.24. The lowest BCUT2D eigenvalue weighted by atomic mass is 9.87. The fourth-order valence-electron chi connectivity index (χ4n) is 2.25. The Labute approximate surface area is 141 Å². The Bertz CT molecular complexity index is 620. The van der Waals surface area contributed by atoms with E-state index in [0.717, 1.165) is 10.6 Å². The van der Waals surface area contributed by atoms with Gasteiger partial charge in [-0.1, -0.05) is 32.9 Å². The maximum atomic E-state index is 11.7. The van der Waals surface area contributed by atoms with E-state index in [2.05, 4.69) is 31.4 Å². The molecule has 1 aromatic rings. The van der Waals surface area contributed by atoms with Crippen LogP contribution >= 0.6 is 0 Å². The topological polar surface area (TPSA) is 87.7 Å². The molecular formula is C17H23N3O4. The molecule has 0 radical (unpaired) electrons. The van der Waals surface area contributed by atoms with Crippen molar-refractivity contribution in [1.82, 2.24) is 15.5 Å². The Morgan fingerprint density at radius 3 is 2.46 bits per heavy atom. The first-order chi connectivity index (χ1) is 11.3. The zero-order valence-corrected chi connectivity index (χ0v) is 14.2. The maximum absolute atomic E-state index is 11.7. The summed E-state index contributed by atoms with van der Waals surface area (Å²) < 4.78 is 5.57. The quantitative estimate of drug-likeness (QED) is 0.601. The second kappa shape index (κ2) is 7.33. The number of urea groups is 1. The number of nitrogens with one attached hydrogen (secondary N) is 2. The van der Waals surface area contributed by atoms with Gasteiger partial charge in [0.2, 0.25) is 11.8 Å². The Balaban J connectivity index is 1.68. The Morgan fingerprint density at radius 2 is 1.92 bits per heavy atom. The number of carbonyl (C=O) groups excluding carboxylic acids is 3. The largest absolute Gasteiger partial charge is 0.492 e. The minimum absolute atomic E-state index is 0.0805. The van der Waals surface area contributed by atoms with E-state index < -0.39 is 11.9 Å². The predicted molar refractivity (Wildman–Crippen MR) is 88.8 cm³/mol. The van der Waals surface area contributed by atoms with Crippen LogP contribution in [0.25, 0.3) is 0 Å². The molecule has 0 saturated carbocycles. The van der Waals surface area contributed by atoms with Gasteiger partial charge in [0.25, 0.3) is 0 Å². The highest BCUT2D eigenvalue weighted by atomic mass is 16.5. The van der Waals surface area contributed by atoms with Crippen molar-refractivity contribution >= 4 is 17.8 Å². The van der Waals surface area contributed by atoms with Gasteiger partial charge in [-0.05, 0) is 23.1 Å². The Kier molecular flexibility index (Phi) is 5.43. The van der Waals surface area contributed by atoms with E-state index in [1.54, 1.807) is 0 Å². The van der Waals surface area contributed by atoms with Gasteiger partial charge in [-0.25, -0.2) is 4.79 Å². The second-order valence-electron chi connectivity index (χ2n) is 6.68. The number of hydrogen-bond acceptors (Lipinski definition) is 4. The van der Waals surface area contributed by atoms with E-state index in [9.17, 15) is 14.4 Å². The van der Waals surface area contributed by atoms with E-state index in [4.69, 9.17) is 4.74 Å². The second-order valence-corrected chi connectivity index (χ2v) is 6.68. The molecule has 0 unspecified atom stereocenters. The summed E-state index contributed by atoms with van der Waals surface area (Å²) in [6, 6.07) is 7.32. The van der Waals surface area contributed by atoms with Gasteiger partial charge < -0.3 is 15.0 Å². The van der Waals surface area contributed by atoms with Gasteiger partial charge >= 0.3 is 6.03 Å². The zero-order valence-electron chi connectivity index (χ0n) is 14.2. The minimum atomic E-state index is -0.537. The third-order valence-electron chi connectivity index (χ3n) is 3.62. The van der Waals surface area contributed by atoms with Crippen molar-refractivity contribution in [3.05, 3.63) is 29.8 Å². The van der Waals surface area contributed by atoms with Crippen LogP contribution in [0.15, 0.2) is 24.3 Å². The number of amides is 4. The van der Waals surface area contributed by atoms with E-state index in [1.165, 1.54) is 5.56 Å². The van der Waals surface area contributed by atoms with Crippen LogP contribution in [0.2, 0.25) is 0 Å². The summed E-state index contributed by atoms with van der Waals surface area (Å²) >= 11 is 0. The fourth-order valence-corrected chi connectivity index (χ4v) is 2.25. The summed E-state index contributed by atoms with van der Waals surface area (Å²) in [6.07, 6.45) is 0. The molecule has 1 saturated heterocycles. The molecule has 130 valence electrons. The highest BCUT2D eigenvalue weighted by molar-refractivity contribution is 6.03. The van der Waals surface area contributed by atoms with Crippen molar-refractivity contribution in [1.29, 1.82) is 0 Å². The third kappa shape index (κ3) is 4.97. The number of nitrogens with zero attached hydrogens (tertiary/aromatic N) is 1. The molecule has 4 amide bonds. The fraction of sp³-hybridized carbons (Fsp3) is 0.471. The molecule has 2 N–H and O–H groups in total. The average molecular weight is 333 g/mol. The number of ether oxygens (including phenoxy) is 1. The molecule has 1 aliphatic rings. The zero-order chi connectivity index (χ0) is 17.7. The molecule has 0 atom stereocenters. The predicted octanol–water partition coefficient (Wildman–Crippen LogP) is 1.03. The highest BCUT2D eigenvalue weighted by Gasteiger charge is 2.27. The molecule has 1 fully saturated rings. The first kappa shape index (κ1) is 17.8. The lowest BCUT2D eigenvalue weighted by Gasteiger charge is -2.19. The van der Waals surface area contributed by atoms with Crippen LogP contribution in [0.4, 0.5) is 4.79 Å². The molecule has 0 bridgehead atoms. The van der Waals surface area contributed by atoms with Gasteiger partial charge in [-0.3, -0.25) is 14.9 Å². The maximum Gasteiger partial charge on any atom is 0.325 e. The van der Waals surface area contributed by atoms with Crippen LogP contribution < -0.4 is 15.4 Å². The summed E-state index contributed by atoms with van der Waals surface area (Å²) in [6.45, 7) is 6.86. The number of imide groups is 1. The molecule has 7 nitrogen and oxygen atoms in total. The van der Waals surface area contributed by atoms with Gasteiger partial charge in [0.05, 0.1) is 6.54 Å². The first-order valence-corrected chi connectivity index (χ1v) is 7.84. The molecule has 2 rings (SSSR count). The Morgan fingerprint density at radius 1 is 1.25 bits per heavy atom. The van der Waals surface area contributed by atoms with Crippen LogP contribution in [0, 0.1) is 0 Å². The molecule has 0 aromatic heterocycles. The van der Waals surface area contributed by atoms with Gasteiger partial charge in [0.1, 0.15) is 25.4 Å². The monoisotopic (exact) mass is 333 g/mol. The van der Waals surface area contributed by atoms with Crippen molar-refractivity contribution in [2.45, 2.75) is 26.2 Å². The van der Waals surface area contributed by atoms with E-state index >= 15 is 0 Å². The van der Waals surface area contributed by atoms with Gasteiger partial charge in [-0.15, -0.1) is 0 Å². The molecule has 24 heavy (non-hydrogen) atoms. The van der Waals surface area contributed by atoms with Crippen molar-refractivity contribution in [2.24, 2.45) is 0 Å². The normalized spacial score (nSPS) is 14.5. The molecule has 0 aliphatic carbocycles. The van der Waals surface area contributed by atoms with Crippen molar-refractivity contribution < 1.29 is 19.1 Å². The molecule has 1 aliphatic heterocycles. The van der Waals surface area contributed by atoms with Gasteiger partial charge in [0.15, 0.2) is 0 Å². The SMILES string of the molecule is CC(C)(C)c1ccc(OCCNC(=O)CN2CC(=O)NC2=O)cc1. The smallest absolute Gasteiger partial charge is 0.325 e. The lowest BCUT2D eigenvalue weighted by molar-refractivity contribution is -0.122. The van der Waals surface area contributed by atoms with Crippen molar-refractivity contribution in [3.63, 3.8) is 0 Å². The average Bonchev–Trinajstić information content (AvgIpc) is 2.81. The van der Waals surface area contributed by atoms with Crippen molar-refractivity contribution in [3.8, 4) is 5.75 Å². The van der Waals surface area contributed by atoms with Crippen molar-refractivity contribution in [2.75, 3.05) is 26.2 Å². The number of hydrogen-bond donors (Lipinski definition) is 2. The standard InChI is InChI=1S/C17H23N3O4/c1-17(2,3)12-4-6-13(7-5-12)24-9-8-18-14(21)10-20-11-15(22)19-16(20)23/h4-7H,8-11H2,1-3H3,(H,18,21)(H,19,22,23). The first-order valence-electron chi connectivity index (χ1n) is 7.84. The molecule has 1 aromatic carbocycles. The summed E-state index contributed by atoms with van der Waals surface area (Å²) in [7, 11) is 0. The van der Waals surface area contributed by atoms with Gasteiger partial charge in [-0.2, -0.15) is 0 Å². The van der Waals surface area contributed by atoms with Gasteiger partial charge in [0, 0.05) is 0 Å². The molecule has 0 spiro atoms. The van der Waals surface area contributed by atoms with Crippen LogP contribution in [-0.4, -0.2) is 49.0 Å². The van der Waals surface area contributed by atoms with Crippen LogP contribution in [0.1, 0.15) is 26.3 Å². The molecule has 7 heteroatoms. The summed E-state index contributed by atoms with van der Waals surface area (Å²) in [5.41, 5.74) is 1.32. The number of carbonyl (C=O) groups is 3.